The smallest absolute Gasteiger partial charge is 0.0402 e. The molecule has 0 aliphatic carbocycles. The minimum absolute atomic E-state index is 0.324. The Labute approximate surface area is 114 Å². The van der Waals surface area contributed by atoms with Crippen LogP contribution in [0.25, 0.3) is 0 Å². The maximum Gasteiger partial charge on any atom is 0.0402 e. The van der Waals surface area contributed by atoms with Crippen molar-refractivity contribution in [3.63, 3.8) is 0 Å². The molecule has 0 bridgehead atoms. The highest BCUT2D eigenvalue weighted by Crippen LogP contribution is 2.26. The molecule has 1 fully saturated rings. The summed E-state index contributed by atoms with van der Waals surface area (Å²) in [5, 5.41) is 0. The number of nitrogens with two attached hydrogens (primary N) is 1. The van der Waals surface area contributed by atoms with E-state index in [2.05, 4.69) is 59.5 Å². The van der Waals surface area contributed by atoms with Gasteiger partial charge in [-0.15, -0.1) is 0 Å². The zero-order chi connectivity index (χ0) is 13.1. The van der Waals surface area contributed by atoms with E-state index in [-0.39, 0.29) is 0 Å². The highest BCUT2D eigenvalue weighted by molar-refractivity contribution is 5.56. The summed E-state index contributed by atoms with van der Waals surface area (Å²) in [5.41, 5.74) is 10.1. The van der Waals surface area contributed by atoms with Crippen LogP contribution in [-0.2, 0) is 6.42 Å². The molecule has 98 valence electrons. The molecule has 1 heterocycles. The molecular formula is C17H20N2. The van der Waals surface area contributed by atoms with Gasteiger partial charge < -0.3 is 10.6 Å². The summed E-state index contributed by atoms with van der Waals surface area (Å²) in [6, 6.07) is 19.7. The molecule has 0 radical (unpaired) electrons. The van der Waals surface area contributed by atoms with Gasteiger partial charge in [0.2, 0.25) is 0 Å². The number of anilines is 1. The number of hydrogen-bond donors (Lipinski definition) is 1. The maximum atomic E-state index is 6.02. The Bertz CT molecular complexity index is 536. The fraction of sp³-hybridized carbons (Fsp3) is 0.294. The van der Waals surface area contributed by atoms with Gasteiger partial charge in [-0.2, -0.15) is 0 Å². The summed E-state index contributed by atoms with van der Waals surface area (Å²) in [5.74, 6) is 0. The first-order chi connectivity index (χ1) is 9.33. The van der Waals surface area contributed by atoms with Crippen molar-refractivity contribution in [2.75, 3.05) is 18.0 Å². The third-order valence-corrected chi connectivity index (χ3v) is 3.79. The van der Waals surface area contributed by atoms with Gasteiger partial charge in [-0.3, -0.25) is 0 Å². The first kappa shape index (κ1) is 12.2. The predicted molar refractivity (Wildman–Crippen MR) is 80.5 cm³/mol. The van der Waals surface area contributed by atoms with E-state index in [1.807, 2.05) is 0 Å². The Morgan fingerprint density at radius 2 is 1.74 bits per heavy atom. The molecule has 0 aromatic heterocycles. The standard InChI is InChI=1S/C17H20N2/c18-16-10-11-19(13-16)17-9-5-4-8-15(17)12-14-6-2-1-3-7-14/h1-9,16H,10-13,18H2. The number of para-hydroxylation sites is 1. The molecular weight excluding hydrogens is 232 g/mol. The molecule has 0 spiro atoms. The van der Waals surface area contributed by atoms with Crippen LogP contribution in [0.1, 0.15) is 17.5 Å². The highest BCUT2D eigenvalue weighted by atomic mass is 15.2. The van der Waals surface area contributed by atoms with E-state index in [4.69, 9.17) is 5.73 Å². The predicted octanol–water partition coefficient (Wildman–Crippen LogP) is 2.81. The summed E-state index contributed by atoms with van der Waals surface area (Å²) in [4.78, 5) is 2.42. The lowest BCUT2D eigenvalue weighted by Gasteiger charge is -2.21. The quantitative estimate of drug-likeness (QED) is 0.910. The lowest BCUT2D eigenvalue weighted by Crippen LogP contribution is -2.26. The monoisotopic (exact) mass is 252 g/mol. The van der Waals surface area contributed by atoms with Crippen molar-refractivity contribution in [1.29, 1.82) is 0 Å². The first-order valence-electron chi connectivity index (χ1n) is 6.95. The van der Waals surface area contributed by atoms with Gasteiger partial charge in [-0.05, 0) is 30.0 Å². The summed E-state index contributed by atoms with van der Waals surface area (Å²) in [6.45, 7) is 2.05. The van der Waals surface area contributed by atoms with E-state index in [0.29, 0.717) is 6.04 Å². The summed E-state index contributed by atoms with van der Waals surface area (Å²) >= 11 is 0. The number of rotatable bonds is 3. The number of benzene rings is 2. The topological polar surface area (TPSA) is 29.3 Å². The number of nitrogens with zero attached hydrogens (tertiary/aromatic N) is 1. The third kappa shape index (κ3) is 2.79. The van der Waals surface area contributed by atoms with E-state index < -0.39 is 0 Å². The average molecular weight is 252 g/mol. The van der Waals surface area contributed by atoms with Crippen LogP contribution in [0.3, 0.4) is 0 Å². The molecule has 2 aromatic rings. The van der Waals surface area contributed by atoms with E-state index in [1.165, 1.54) is 16.8 Å². The summed E-state index contributed by atoms with van der Waals surface area (Å²) in [6.07, 6.45) is 2.09. The molecule has 2 N–H and O–H groups in total. The average Bonchev–Trinajstić information content (AvgIpc) is 2.87. The van der Waals surface area contributed by atoms with Gasteiger partial charge in [0.1, 0.15) is 0 Å². The van der Waals surface area contributed by atoms with Crippen molar-refractivity contribution in [2.24, 2.45) is 5.73 Å². The van der Waals surface area contributed by atoms with Crippen LogP contribution in [-0.4, -0.2) is 19.1 Å². The lowest BCUT2D eigenvalue weighted by molar-refractivity contribution is 0.752. The molecule has 19 heavy (non-hydrogen) atoms. The van der Waals surface area contributed by atoms with Gasteiger partial charge >= 0.3 is 0 Å². The van der Waals surface area contributed by atoms with E-state index >= 15 is 0 Å². The largest absolute Gasteiger partial charge is 0.370 e. The zero-order valence-electron chi connectivity index (χ0n) is 11.1. The van der Waals surface area contributed by atoms with Crippen LogP contribution in [0.4, 0.5) is 5.69 Å². The van der Waals surface area contributed by atoms with Gasteiger partial charge in [0, 0.05) is 24.8 Å². The van der Waals surface area contributed by atoms with Gasteiger partial charge in [0.15, 0.2) is 0 Å². The van der Waals surface area contributed by atoms with Gasteiger partial charge in [0.05, 0.1) is 0 Å². The Balaban J connectivity index is 1.85. The van der Waals surface area contributed by atoms with Crippen molar-refractivity contribution in [2.45, 2.75) is 18.9 Å². The van der Waals surface area contributed by atoms with Crippen molar-refractivity contribution >= 4 is 5.69 Å². The van der Waals surface area contributed by atoms with Crippen LogP contribution >= 0.6 is 0 Å². The zero-order valence-corrected chi connectivity index (χ0v) is 11.1. The van der Waals surface area contributed by atoms with Crippen molar-refractivity contribution < 1.29 is 0 Å². The summed E-state index contributed by atoms with van der Waals surface area (Å²) in [7, 11) is 0. The van der Waals surface area contributed by atoms with Crippen LogP contribution in [0.5, 0.6) is 0 Å². The lowest BCUT2D eigenvalue weighted by atomic mass is 10.0. The minimum Gasteiger partial charge on any atom is -0.370 e. The van der Waals surface area contributed by atoms with Gasteiger partial charge in [-0.1, -0.05) is 48.5 Å². The van der Waals surface area contributed by atoms with Crippen molar-refractivity contribution in [3.05, 3.63) is 65.7 Å². The Hall–Kier alpha value is -1.80. The molecule has 1 atom stereocenters. The van der Waals surface area contributed by atoms with E-state index in [9.17, 15) is 0 Å². The fourth-order valence-corrected chi connectivity index (χ4v) is 2.79. The fourth-order valence-electron chi connectivity index (χ4n) is 2.79. The molecule has 0 saturated carbocycles. The Morgan fingerprint density at radius 3 is 2.47 bits per heavy atom. The van der Waals surface area contributed by atoms with Crippen molar-refractivity contribution in [3.8, 4) is 0 Å². The van der Waals surface area contributed by atoms with Crippen LogP contribution in [0.15, 0.2) is 54.6 Å². The van der Waals surface area contributed by atoms with Gasteiger partial charge in [-0.25, -0.2) is 0 Å². The van der Waals surface area contributed by atoms with E-state index in [1.54, 1.807) is 0 Å². The molecule has 1 saturated heterocycles. The molecule has 2 aromatic carbocycles. The molecule has 1 unspecified atom stereocenters. The molecule has 2 heteroatoms. The van der Waals surface area contributed by atoms with Crippen LogP contribution in [0.2, 0.25) is 0 Å². The molecule has 1 aliphatic rings. The van der Waals surface area contributed by atoms with Crippen LogP contribution in [0, 0.1) is 0 Å². The second-order valence-corrected chi connectivity index (χ2v) is 5.29. The molecule has 1 aliphatic heterocycles. The Morgan fingerprint density at radius 1 is 1.00 bits per heavy atom. The summed E-state index contributed by atoms with van der Waals surface area (Å²) < 4.78 is 0. The number of hydrogen-bond acceptors (Lipinski definition) is 2. The highest BCUT2D eigenvalue weighted by Gasteiger charge is 2.20. The first-order valence-corrected chi connectivity index (χ1v) is 6.95. The molecule has 3 rings (SSSR count). The maximum absolute atomic E-state index is 6.02. The second kappa shape index (κ2) is 5.45. The Kier molecular flexibility index (Phi) is 3.51. The SMILES string of the molecule is NC1CCN(c2ccccc2Cc2ccccc2)C1. The molecule has 0 amide bonds. The molecule has 2 nitrogen and oxygen atoms in total. The van der Waals surface area contributed by atoms with Gasteiger partial charge in [0.25, 0.3) is 0 Å². The van der Waals surface area contributed by atoms with E-state index in [0.717, 1.165) is 25.9 Å². The normalized spacial score (nSPS) is 18.8. The minimum atomic E-state index is 0.324. The van der Waals surface area contributed by atoms with Crippen LogP contribution < -0.4 is 10.6 Å². The van der Waals surface area contributed by atoms with Crippen molar-refractivity contribution in [1.82, 2.24) is 0 Å². The third-order valence-electron chi connectivity index (χ3n) is 3.79. The second-order valence-electron chi connectivity index (χ2n) is 5.29.